The molecule has 0 radical (unpaired) electrons. The summed E-state index contributed by atoms with van der Waals surface area (Å²) in [6.07, 6.45) is 65.3. The maximum Gasteiger partial charge on any atom is 0.306 e. The molecule has 0 unspecified atom stereocenters. The molecule has 416 valence electrons. The summed E-state index contributed by atoms with van der Waals surface area (Å²) >= 11 is 0. The van der Waals surface area contributed by atoms with Crippen LogP contribution in [0.15, 0.2) is 0 Å². The molecule has 0 aromatic rings. The summed E-state index contributed by atoms with van der Waals surface area (Å²) in [5.74, 6) is 0.0172. The van der Waals surface area contributed by atoms with Gasteiger partial charge in [0.25, 0.3) is 0 Å². The highest BCUT2D eigenvalue weighted by Crippen LogP contribution is 2.19. The predicted molar refractivity (Wildman–Crippen MR) is 303 cm³/mol. The predicted octanol–water partition coefficient (Wildman–Crippen LogP) is 21.4. The maximum absolute atomic E-state index is 12.9. The topological polar surface area (TPSA) is 78.9 Å². The second-order valence-electron chi connectivity index (χ2n) is 22.5. The molecule has 0 heterocycles. The molecule has 0 N–H and O–H groups in total. The third-order valence-electron chi connectivity index (χ3n) is 14.8. The lowest BCUT2D eigenvalue weighted by Gasteiger charge is -2.18. The van der Waals surface area contributed by atoms with Crippen molar-refractivity contribution in [2.75, 3.05) is 13.2 Å². The maximum atomic E-state index is 12.9. The van der Waals surface area contributed by atoms with E-state index in [4.69, 9.17) is 14.2 Å². The zero-order chi connectivity index (χ0) is 50.9. The highest BCUT2D eigenvalue weighted by atomic mass is 16.6. The number of hydrogen-bond donors (Lipinski definition) is 0. The lowest BCUT2D eigenvalue weighted by molar-refractivity contribution is -0.167. The number of ether oxygens (including phenoxy) is 3. The van der Waals surface area contributed by atoms with Gasteiger partial charge in [-0.3, -0.25) is 14.4 Å². The Labute approximate surface area is 438 Å². The Kier molecular flexibility index (Phi) is 57.0. The molecule has 0 aromatic heterocycles. The van der Waals surface area contributed by atoms with Crippen molar-refractivity contribution in [3.63, 3.8) is 0 Å². The first-order valence-electron chi connectivity index (χ1n) is 31.9. The number of carbonyl (C=O) groups excluding carboxylic acids is 3. The second-order valence-corrected chi connectivity index (χ2v) is 22.5. The number of hydrogen-bond acceptors (Lipinski definition) is 6. The molecule has 0 aliphatic rings. The number of carbonyl (C=O) groups is 3. The fourth-order valence-electron chi connectivity index (χ4n) is 9.99. The van der Waals surface area contributed by atoms with E-state index in [2.05, 4.69) is 27.7 Å². The van der Waals surface area contributed by atoms with Crippen LogP contribution in [0.4, 0.5) is 0 Å². The van der Waals surface area contributed by atoms with Crippen molar-refractivity contribution in [2.45, 2.75) is 374 Å². The average Bonchev–Trinajstić information content (AvgIpc) is 3.35. The van der Waals surface area contributed by atoms with Gasteiger partial charge >= 0.3 is 17.9 Å². The van der Waals surface area contributed by atoms with E-state index in [1.807, 2.05) is 0 Å². The standard InChI is InChI=1S/C64H124O6/c1-5-7-9-11-13-15-17-19-21-23-24-25-27-31-35-39-43-47-51-55-62(65)68-58-61(70-64(67)57-53-49-45-41-37-33-26-22-20-18-16-14-12-10-8-6-2)59-69-63(66)56-52-48-44-40-36-32-29-28-30-34-38-42-46-50-54-60(3)4/h60-61H,5-59H2,1-4H3/t61-/m0/s1. The first-order valence-corrected chi connectivity index (χ1v) is 31.9. The molecule has 0 aromatic carbocycles. The molecule has 0 bridgehead atoms. The molecule has 0 spiro atoms. The van der Waals surface area contributed by atoms with Crippen molar-refractivity contribution in [2.24, 2.45) is 5.92 Å². The second kappa shape index (κ2) is 58.3. The van der Waals surface area contributed by atoms with Crippen molar-refractivity contribution >= 4 is 17.9 Å². The minimum Gasteiger partial charge on any atom is -0.462 e. The van der Waals surface area contributed by atoms with Gasteiger partial charge in [-0.15, -0.1) is 0 Å². The van der Waals surface area contributed by atoms with Crippen molar-refractivity contribution < 1.29 is 28.6 Å². The third kappa shape index (κ3) is 57.3. The van der Waals surface area contributed by atoms with Crippen LogP contribution in [0.5, 0.6) is 0 Å². The van der Waals surface area contributed by atoms with Crippen LogP contribution in [0.1, 0.15) is 368 Å². The highest BCUT2D eigenvalue weighted by molar-refractivity contribution is 5.71. The normalized spacial score (nSPS) is 12.0. The van der Waals surface area contributed by atoms with Crippen LogP contribution in [-0.2, 0) is 28.6 Å². The largest absolute Gasteiger partial charge is 0.462 e. The van der Waals surface area contributed by atoms with Crippen LogP contribution in [0.25, 0.3) is 0 Å². The van der Waals surface area contributed by atoms with E-state index in [-0.39, 0.29) is 31.1 Å². The van der Waals surface area contributed by atoms with Gasteiger partial charge in [-0.1, -0.05) is 329 Å². The summed E-state index contributed by atoms with van der Waals surface area (Å²) in [5.41, 5.74) is 0. The summed E-state index contributed by atoms with van der Waals surface area (Å²) in [6, 6.07) is 0. The smallest absolute Gasteiger partial charge is 0.306 e. The number of rotatable bonds is 59. The Bertz CT molecular complexity index is 1060. The fraction of sp³-hybridized carbons (Fsp3) is 0.953. The van der Waals surface area contributed by atoms with E-state index < -0.39 is 6.10 Å². The minimum atomic E-state index is -0.763. The van der Waals surface area contributed by atoms with Crippen molar-refractivity contribution in [3.8, 4) is 0 Å². The average molecular weight is 990 g/mol. The van der Waals surface area contributed by atoms with Gasteiger partial charge in [0.05, 0.1) is 0 Å². The van der Waals surface area contributed by atoms with Crippen LogP contribution in [0.3, 0.4) is 0 Å². The quantitative estimate of drug-likeness (QED) is 0.0343. The van der Waals surface area contributed by atoms with Gasteiger partial charge in [-0.2, -0.15) is 0 Å². The molecular formula is C64H124O6. The number of unbranched alkanes of at least 4 members (excludes halogenated alkanes) is 46. The molecule has 0 aliphatic heterocycles. The van der Waals surface area contributed by atoms with Gasteiger partial charge in [-0.05, 0) is 25.2 Å². The van der Waals surface area contributed by atoms with Gasteiger partial charge < -0.3 is 14.2 Å². The molecule has 6 nitrogen and oxygen atoms in total. The van der Waals surface area contributed by atoms with Crippen molar-refractivity contribution in [3.05, 3.63) is 0 Å². The molecule has 0 fully saturated rings. The first-order chi connectivity index (χ1) is 34.4. The molecule has 0 rings (SSSR count). The van der Waals surface area contributed by atoms with E-state index in [1.54, 1.807) is 0 Å². The fourth-order valence-corrected chi connectivity index (χ4v) is 9.99. The van der Waals surface area contributed by atoms with E-state index >= 15 is 0 Å². The monoisotopic (exact) mass is 989 g/mol. The third-order valence-corrected chi connectivity index (χ3v) is 14.8. The molecule has 1 atom stereocenters. The van der Waals surface area contributed by atoms with Gasteiger partial charge in [0, 0.05) is 19.3 Å². The van der Waals surface area contributed by atoms with Crippen LogP contribution in [0.2, 0.25) is 0 Å². The molecule has 0 saturated heterocycles. The summed E-state index contributed by atoms with van der Waals surface area (Å²) in [4.78, 5) is 38.3. The van der Waals surface area contributed by atoms with Crippen LogP contribution >= 0.6 is 0 Å². The van der Waals surface area contributed by atoms with Gasteiger partial charge in [0.2, 0.25) is 0 Å². The first kappa shape index (κ1) is 68.4. The summed E-state index contributed by atoms with van der Waals surface area (Å²) in [5, 5.41) is 0. The Morgan fingerprint density at radius 2 is 0.471 bits per heavy atom. The zero-order valence-corrected chi connectivity index (χ0v) is 48.0. The molecule has 0 saturated carbocycles. The van der Waals surface area contributed by atoms with E-state index in [9.17, 15) is 14.4 Å². The van der Waals surface area contributed by atoms with Gasteiger partial charge in [0.15, 0.2) is 6.10 Å². The van der Waals surface area contributed by atoms with Crippen LogP contribution in [-0.4, -0.2) is 37.2 Å². The molecule has 0 aliphatic carbocycles. The summed E-state index contributed by atoms with van der Waals surface area (Å²) in [7, 11) is 0. The van der Waals surface area contributed by atoms with Gasteiger partial charge in [0.1, 0.15) is 13.2 Å². The zero-order valence-electron chi connectivity index (χ0n) is 48.0. The van der Waals surface area contributed by atoms with E-state index in [0.29, 0.717) is 19.3 Å². The van der Waals surface area contributed by atoms with E-state index in [1.165, 1.54) is 263 Å². The Morgan fingerprint density at radius 1 is 0.271 bits per heavy atom. The van der Waals surface area contributed by atoms with Crippen LogP contribution < -0.4 is 0 Å². The lowest BCUT2D eigenvalue weighted by atomic mass is 10.0. The SMILES string of the molecule is CCCCCCCCCCCCCCCCCCCCCC(=O)OC[C@@H](COC(=O)CCCCCCCCCCCCCCCCC(C)C)OC(=O)CCCCCCCCCCCCCCCCCC. The highest BCUT2D eigenvalue weighted by Gasteiger charge is 2.19. The Balaban J connectivity index is 4.28. The summed E-state index contributed by atoms with van der Waals surface area (Å²) in [6.45, 7) is 9.09. The van der Waals surface area contributed by atoms with Crippen molar-refractivity contribution in [1.82, 2.24) is 0 Å². The molecule has 70 heavy (non-hydrogen) atoms. The van der Waals surface area contributed by atoms with E-state index in [0.717, 1.165) is 63.7 Å². The Hall–Kier alpha value is -1.59. The molecule has 6 heteroatoms. The van der Waals surface area contributed by atoms with Crippen LogP contribution in [0, 0.1) is 5.92 Å². The summed E-state index contributed by atoms with van der Waals surface area (Å²) < 4.78 is 17.0. The van der Waals surface area contributed by atoms with Gasteiger partial charge in [-0.25, -0.2) is 0 Å². The molecular weight excluding hydrogens is 865 g/mol. The number of esters is 3. The minimum absolute atomic E-state index is 0.0611. The molecule has 0 amide bonds. The van der Waals surface area contributed by atoms with Crippen molar-refractivity contribution in [1.29, 1.82) is 0 Å². The Morgan fingerprint density at radius 3 is 0.700 bits per heavy atom. The lowest BCUT2D eigenvalue weighted by Crippen LogP contribution is -2.30.